The number of hydrogen-bond donors (Lipinski definition) is 1. The quantitative estimate of drug-likeness (QED) is 0.931. The molecule has 1 amide bonds. The lowest BCUT2D eigenvalue weighted by atomic mass is 10.0. The summed E-state index contributed by atoms with van der Waals surface area (Å²) >= 11 is 0. The molecule has 120 valence electrons. The van der Waals surface area contributed by atoms with Crippen molar-refractivity contribution in [3.8, 4) is 11.5 Å². The van der Waals surface area contributed by atoms with Crippen LogP contribution in [0.4, 0.5) is 5.69 Å². The highest BCUT2D eigenvalue weighted by molar-refractivity contribution is 6.02. The van der Waals surface area contributed by atoms with Gasteiger partial charge in [0.25, 0.3) is 5.91 Å². The Morgan fingerprint density at radius 2 is 1.91 bits per heavy atom. The normalized spacial score (nSPS) is 21.4. The van der Waals surface area contributed by atoms with Gasteiger partial charge in [-0.2, -0.15) is 0 Å². The molecule has 0 spiro atoms. The first-order chi connectivity index (χ1) is 10.5. The molecule has 0 bridgehead atoms. The number of phenols is 1. The lowest BCUT2D eigenvalue weighted by Crippen LogP contribution is -2.54. The molecule has 22 heavy (non-hydrogen) atoms. The van der Waals surface area contributed by atoms with Crippen LogP contribution in [-0.2, 0) is 4.79 Å². The Bertz CT molecular complexity index is 565. The predicted octanol–water partition coefficient (Wildman–Crippen LogP) is 2.38. The molecule has 1 aromatic carbocycles. The molecule has 0 atom stereocenters. The summed E-state index contributed by atoms with van der Waals surface area (Å²) in [6.45, 7) is 7.31. The van der Waals surface area contributed by atoms with Gasteiger partial charge in [0.2, 0.25) is 0 Å². The smallest absolute Gasteiger partial charge is 0.270 e. The molecule has 2 aliphatic heterocycles. The molecule has 0 aromatic heterocycles. The van der Waals surface area contributed by atoms with Crippen LogP contribution in [0.15, 0.2) is 18.2 Å². The largest absolute Gasteiger partial charge is 0.508 e. The summed E-state index contributed by atoms with van der Waals surface area (Å²) in [7, 11) is 0. The van der Waals surface area contributed by atoms with Crippen LogP contribution in [0, 0.1) is 0 Å². The highest BCUT2D eigenvalue weighted by Gasteiger charge is 2.40. The Morgan fingerprint density at radius 1 is 1.18 bits per heavy atom. The Balaban J connectivity index is 1.80. The molecular formula is C17H24N2O3. The summed E-state index contributed by atoms with van der Waals surface area (Å²) in [6, 6.07) is 4.94. The molecule has 0 radical (unpaired) electrons. The van der Waals surface area contributed by atoms with Crippen molar-refractivity contribution in [2.75, 3.05) is 31.1 Å². The average Bonchev–Trinajstić information content (AvgIpc) is 2.48. The van der Waals surface area contributed by atoms with Crippen LogP contribution in [-0.4, -0.2) is 47.7 Å². The number of aromatic hydroxyl groups is 1. The van der Waals surface area contributed by atoms with Crippen LogP contribution >= 0.6 is 0 Å². The summed E-state index contributed by atoms with van der Waals surface area (Å²) in [5.74, 6) is 0.700. The number of carbonyl (C=O) groups excluding carboxylic acids is 1. The second kappa shape index (κ2) is 5.80. The van der Waals surface area contributed by atoms with E-state index in [1.54, 1.807) is 36.9 Å². The molecule has 5 heteroatoms. The second-order valence-electron chi connectivity index (χ2n) is 6.62. The zero-order chi connectivity index (χ0) is 15.7. The Morgan fingerprint density at radius 3 is 2.64 bits per heavy atom. The molecule has 5 nitrogen and oxygen atoms in total. The number of carbonyl (C=O) groups is 1. The van der Waals surface area contributed by atoms with Crippen molar-refractivity contribution in [3.05, 3.63) is 18.2 Å². The zero-order valence-electron chi connectivity index (χ0n) is 13.3. The van der Waals surface area contributed by atoms with E-state index in [1.807, 2.05) is 0 Å². The zero-order valence-corrected chi connectivity index (χ0v) is 13.3. The third-order valence-corrected chi connectivity index (χ3v) is 4.45. The molecule has 0 saturated carbocycles. The van der Waals surface area contributed by atoms with Crippen LogP contribution in [0.5, 0.6) is 11.5 Å². The van der Waals surface area contributed by atoms with E-state index < -0.39 is 5.60 Å². The van der Waals surface area contributed by atoms with Gasteiger partial charge in [0.1, 0.15) is 11.5 Å². The number of phenolic OH excluding ortho intramolecular Hbond substituents is 1. The molecule has 0 aliphatic carbocycles. The first kappa shape index (κ1) is 15.2. The van der Waals surface area contributed by atoms with Crippen molar-refractivity contribution in [3.63, 3.8) is 0 Å². The molecule has 0 unspecified atom stereocenters. The van der Waals surface area contributed by atoms with Gasteiger partial charge in [0.15, 0.2) is 5.60 Å². The van der Waals surface area contributed by atoms with E-state index in [4.69, 9.17) is 4.74 Å². The fourth-order valence-electron chi connectivity index (χ4n) is 3.21. The third-order valence-electron chi connectivity index (χ3n) is 4.45. The molecular weight excluding hydrogens is 280 g/mol. The van der Waals surface area contributed by atoms with E-state index in [2.05, 4.69) is 4.90 Å². The number of nitrogens with zero attached hydrogens (tertiary/aromatic N) is 2. The SMILES string of the molecule is CC1(C)Oc2cc(O)ccc2N(CCN2CCCCC2)C1=O. The Labute approximate surface area is 131 Å². The maximum absolute atomic E-state index is 12.7. The van der Waals surface area contributed by atoms with Gasteiger partial charge in [0, 0.05) is 19.2 Å². The fraction of sp³-hybridized carbons (Fsp3) is 0.588. The number of ether oxygens (including phenoxy) is 1. The summed E-state index contributed by atoms with van der Waals surface area (Å²) in [5.41, 5.74) is -0.151. The van der Waals surface area contributed by atoms with Gasteiger partial charge in [-0.05, 0) is 51.9 Å². The van der Waals surface area contributed by atoms with Gasteiger partial charge in [0.05, 0.1) is 5.69 Å². The number of hydrogen-bond acceptors (Lipinski definition) is 4. The van der Waals surface area contributed by atoms with Gasteiger partial charge in [-0.25, -0.2) is 0 Å². The molecule has 2 aliphatic rings. The van der Waals surface area contributed by atoms with E-state index in [-0.39, 0.29) is 11.7 Å². The van der Waals surface area contributed by atoms with Crippen molar-refractivity contribution in [1.82, 2.24) is 4.90 Å². The van der Waals surface area contributed by atoms with E-state index in [0.29, 0.717) is 12.3 Å². The molecule has 2 heterocycles. The van der Waals surface area contributed by atoms with Gasteiger partial charge >= 0.3 is 0 Å². The minimum atomic E-state index is -0.900. The van der Waals surface area contributed by atoms with Gasteiger partial charge in [-0.1, -0.05) is 6.42 Å². The van der Waals surface area contributed by atoms with Crippen molar-refractivity contribution < 1.29 is 14.6 Å². The van der Waals surface area contributed by atoms with Crippen molar-refractivity contribution in [2.24, 2.45) is 0 Å². The number of piperidine rings is 1. The Hall–Kier alpha value is -1.75. The predicted molar refractivity (Wildman–Crippen MR) is 85.5 cm³/mol. The van der Waals surface area contributed by atoms with E-state index in [0.717, 1.165) is 25.3 Å². The number of fused-ring (bicyclic) bond motifs is 1. The van der Waals surface area contributed by atoms with E-state index >= 15 is 0 Å². The first-order valence-corrected chi connectivity index (χ1v) is 8.04. The maximum atomic E-state index is 12.7. The van der Waals surface area contributed by atoms with Crippen LogP contribution in [0.3, 0.4) is 0 Å². The number of rotatable bonds is 3. The summed E-state index contributed by atoms with van der Waals surface area (Å²) in [6.07, 6.45) is 3.79. The van der Waals surface area contributed by atoms with E-state index in [9.17, 15) is 9.90 Å². The number of amides is 1. The van der Waals surface area contributed by atoms with Gasteiger partial charge in [-0.15, -0.1) is 0 Å². The monoisotopic (exact) mass is 304 g/mol. The van der Waals surface area contributed by atoms with Crippen LogP contribution < -0.4 is 9.64 Å². The minimum absolute atomic E-state index is 0.0253. The topological polar surface area (TPSA) is 53.0 Å². The molecule has 1 N–H and O–H groups in total. The minimum Gasteiger partial charge on any atom is -0.508 e. The third kappa shape index (κ3) is 2.90. The highest BCUT2D eigenvalue weighted by Crippen LogP contribution is 2.39. The average molecular weight is 304 g/mol. The highest BCUT2D eigenvalue weighted by atomic mass is 16.5. The summed E-state index contributed by atoms with van der Waals surface area (Å²) in [5, 5.41) is 9.65. The standard InChI is InChI=1S/C17H24N2O3/c1-17(2)16(21)19(11-10-18-8-4-3-5-9-18)14-7-6-13(20)12-15(14)22-17/h6-7,12,20H,3-5,8-11H2,1-2H3. The lowest BCUT2D eigenvalue weighted by molar-refractivity contribution is -0.132. The number of anilines is 1. The summed E-state index contributed by atoms with van der Waals surface area (Å²) in [4.78, 5) is 16.9. The first-order valence-electron chi connectivity index (χ1n) is 8.04. The van der Waals surface area contributed by atoms with Crippen LogP contribution in [0.25, 0.3) is 0 Å². The van der Waals surface area contributed by atoms with Crippen molar-refractivity contribution >= 4 is 11.6 Å². The van der Waals surface area contributed by atoms with Crippen LogP contribution in [0.1, 0.15) is 33.1 Å². The van der Waals surface area contributed by atoms with Crippen molar-refractivity contribution in [1.29, 1.82) is 0 Å². The molecule has 1 aromatic rings. The van der Waals surface area contributed by atoms with Gasteiger partial charge in [-0.3, -0.25) is 4.79 Å². The molecule has 3 rings (SSSR count). The van der Waals surface area contributed by atoms with E-state index in [1.165, 1.54) is 19.3 Å². The fourth-order valence-corrected chi connectivity index (χ4v) is 3.21. The number of benzene rings is 1. The second-order valence-corrected chi connectivity index (χ2v) is 6.62. The Kier molecular flexibility index (Phi) is 4.00. The number of likely N-dealkylation sites (tertiary alicyclic amines) is 1. The molecule has 1 saturated heterocycles. The van der Waals surface area contributed by atoms with Gasteiger partial charge < -0.3 is 19.6 Å². The summed E-state index contributed by atoms with van der Waals surface area (Å²) < 4.78 is 5.77. The van der Waals surface area contributed by atoms with Crippen molar-refractivity contribution in [2.45, 2.75) is 38.7 Å². The maximum Gasteiger partial charge on any atom is 0.270 e. The molecule has 1 fully saturated rings. The van der Waals surface area contributed by atoms with Crippen LogP contribution in [0.2, 0.25) is 0 Å². The lowest BCUT2D eigenvalue weighted by Gasteiger charge is -2.39.